The van der Waals surface area contributed by atoms with Crippen LogP contribution in [0.2, 0.25) is 0 Å². The van der Waals surface area contributed by atoms with Gasteiger partial charge in [-0.25, -0.2) is 0 Å². The van der Waals surface area contributed by atoms with Gasteiger partial charge in [0, 0.05) is 24.4 Å². The largest absolute Gasteiger partial charge is 0.376 e. The van der Waals surface area contributed by atoms with Gasteiger partial charge in [0.25, 0.3) is 5.69 Å². The topological polar surface area (TPSA) is 84.3 Å². The molecule has 0 fully saturated rings. The van der Waals surface area contributed by atoms with Crippen LogP contribution in [0.1, 0.15) is 12.5 Å². The van der Waals surface area contributed by atoms with Crippen molar-refractivity contribution in [2.75, 3.05) is 18.4 Å². The molecule has 0 atom stereocenters. The van der Waals surface area contributed by atoms with Crippen molar-refractivity contribution in [3.05, 3.63) is 33.9 Å². The van der Waals surface area contributed by atoms with Crippen LogP contribution < -0.4 is 10.6 Å². The van der Waals surface area contributed by atoms with Gasteiger partial charge in [0.1, 0.15) is 0 Å². The summed E-state index contributed by atoms with van der Waals surface area (Å²) in [5, 5.41) is 16.1. The number of carbonyl (C=O) groups is 1. The van der Waals surface area contributed by atoms with Crippen LogP contribution in [0.3, 0.4) is 0 Å². The number of carbonyl (C=O) groups excluding carboxylic acids is 1. The molecule has 92 valence electrons. The first kappa shape index (κ1) is 13.0. The molecule has 1 amide bonds. The Morgan fingerprint density at radius 1 is 1.47 bits per heavy atom. The van der Waals surface area contributed by atoms with Crippen molar-refractivity contribution < 1.29 is 9.72 Å². The summed E-state index contributed by atoms with van der Waals surface area (Å²) in [4.78, 5) is 21.4. The number of benzene rings is 1. The molecular weight excluding hydrogens is 222 g/mol. The monoisotopic (exact) mass is 237 g/mol. The standard InChI is InChI=1S/C11H15N3O3/c1-3-12-11(15)7-13-10-6-9(14(16)17)5-4-8(10)2/h4-6,13H,3,7H2,1-2H3,(H,12,15). The molecule has 0 bridgehead atoms. The number of hydrogen-bond acceptors (Lipinski definition) is 4. The van der Waals surface area contributed by atoms with E-state index in [0.29, 0.717) is 12.2 Å². The second-order valence-electron chi connectivity index (χ2n) is 3.56. The molecule has 0 aliphatic heterocycles. The summed E-state index contributed by atoms with van der Waals surface area (Å²) in [6.45, 7) is 4.32. The molecule has 0 saturated carbocycles. The molecule has 0 aliphatic carbocycles. The van der Waals surface area contributed by atoms with Crippen molar-refractivity contribution in [2.45, 2.75) is 13.8 Å². The maximum Gasteiger partial charge on any atom is 0.271 e. The lowest BCUT2D eigenvalue weighted by molar-refractivity contribution is -0.384. The van der Waals surface area contributed by atoms with Gasteiger partial charge in [0.2, 0.25) is 5.91 Å². The molecule has 0 saturated heterocycles. The van der Waals surface area contributed by atoms with Gasteiger partial charge in [-0.15, -0.1) is 0 Å². The number of non-ortho nitro benzene ring substituents is 1. The average molecular weight is 237 g/mol. The highest BCUT2D eigenvalue weighted by atomic mass is 16.6. The highest BCUT2D eigenvalue weighted by Crippen LogP contribution is 2.21. The molecule has 1 rings (SSSR count). The molecule has 0 aliphatic rings. The average Bonchev–Trinajstić information content (AvgIpc) is 2.28. The second-order valence-corrected chi connectivity index (χ2v) is 3.56. The Bertz CT molecular complexity index is 432. The van der Waals surface area contributed by atoms with Gasteiger partial charge in [-0.1, -0.05) is 6.07 Å². The fourth-order valence-corrected chi connectivity index (χ4v) is 1.35. The van der Waals surface area contributed by atoms with Crippen molar-refractivity contribution in [3.63, 3.8) is 0 Å². The number of likely N-dealkylation sites (N-methyl/N-ethyl adjacent to an activating group) is 1. The molecule has 1 aromatic rings. The second kappa shape index (κ2) is 5.83. The Kier molecular flexibility index (Phi) is 4.45. The van der Waals surface area contributed by atoms with Crippen LogP contribution in [0, 0.1) is 17.0 Å². The molecule has 0 spiro atoms. The molecule has 17 heavy (non-hydrogen) atoms. The van der Waals surface area contributed by atoms with Crippen molar-refractivity contribution >= 4 is 17.3 Å². The lowest BCUT2D eigenvalue weighted by Gasteiger charge is -2.08. The van der Waals surface area contributed by atoms with Gasteiger partial charge in [-0.3, -0.25) is 14.9 Å². The first-order valence-corrected chi connectivity index (χ1v) is 5.30. The van der Waals surface area contributed by atoms with E-state index in [2.05, 4.69) is 10.6 Å². The van der Waals surface area contributed by atoms with Gasteiger partial charge in [-0.2, -0.15) is 0 Å². The van der Waals surface area contributed by atoms with E-state index in [0.717, 1.165) is 5.56 Å². The zero-order valence-electron chi connectivity index (χ0n) is 9.82. The number of amides is 1. The third-order valence-corrected chi connectivity index (χ3v) is 2.25. The van der Waals surface area contributed by atoms with Crippen molar-refractivity contribution in [3.8, 4) is 0 Å². The number of aryl methyl sites for hydroxylation is 1. The van der Waals surface area contributed by atoms with Crippen LogP contribution in [0.5, 0.6) is 0 Å². The summed E-state index contributed by atoms with van der Waals surface area (Å²) >= 11 is 0. The van der Waals surface area contributed by atoms with E-state index in [-0.39, 0.29) is 18.1 Å². The number of nitrogens with one attached hydrogen (secondary N) is 2. The summed E-state index contributed by atoms with van der Waals surface area (Å²) in [6.07, 6.45) is 0. The number of nitro benzene ring substituents is 1. The van der Waals surface area contributed by atoms with Crippen LogP contribution in [0.15, 0.2) is 18.2 Å². The smallest absolute Gasteiger partial charge is 0.271 e. The lowest BCUT2D eigenvalue weighted by Crippen LogP contribution is -2.29. The summed E-state index contributed by atoms with van der Waals surface area (Å²) in [7, 11) is 0. The molecule has 6 heteroatoms. The van der Waals surface area contributed by atoms with Crippen LogP contribution in [0.25, 0.3) is 0 Å². The quantitative estimate of drug-likeness (QED) is 0.599. The number of rotatable bonds is 5. The lowest BCUT2D eigenvalue weighted by atomic mass is 10.2. The molecule has 0 aromatic heterocycles. The summed E-state index contributed by atoms with van der Waals surface area (Å²) in [5.41, 5.74) is 1.47. The van der Waals surface area contributed by atoms with Gasteiger partial charge >= 0.3 is 0 Å². The Morgan fingerprint density at radius 3 is 2.76 bits per heavy atom. The van der Waals surface area contributed by atoms with E-state index in [4.69, 9.17) is 0 Å². The summed E-state index contributed by atoms with van der Waals surface area (Å²) in [6, 6.07) is 4.51. The minimum absolute atomic E-state index is 0.00833. The zero-order valence-corrected chi connectivity index (χ0v) is 9.82. The van der Waals surface area contributed by atoms with Crippen molar-refractivity contribution in [2.24, 2.45) is 0 Å². The van der Waals surface area contributed by atoms with Crippen LogP contribution in [0.4, 0.5) is 11.4 Å². The minimum atomic E-state index is -0.462. The number of hydrogen-bond donors (Lipinski definition) is 2. The molecule has 0 heterocycles. The third-order valence-electron chi connectivity index (χ3n) is 2.25. The van der Waals surface area contributed by atoms with Crippen molar-refractivity contribution in [1.82, 2.24) is 5.32 Å². The first-order chi connectivity index (χ1) is 8.04. The normalized spacial score (nSPS) is 9.76. The summed E-state index contributed by atoms with van der Waals surface area (Å²) in [5.74, 6) is -0.140. The van der Waals surface area contributed by atoms with Crippen LogP contribution >= 0.6 is 0 Å². The molecule has 2 N–H and O–H groups in total. The van der Waals surface area contributed by atoms with Gasteiger partial charge < -0.3 is 10.6 Å². The SMILES string of the molecule is CCNC(=O)CNc1cc([N+](=O)[O-])ccc1C. The number of nitrogens with zero attached hydrogens (tertiary/aromatic N) is 1. The van der Waals surface area contributed by atoms with Gasteiger partial charge in [0.05, 0.1) is 11.5 Å². The minimum Gasteiger partial charge on any atom is -0.376 e. The maximum absolute atomic E-state index is 11.2. The van der Waals surface area contributed by atoms with Crippen LogP contribution in [-0.2, 0) is 4.79 Å². The fraction of sp³-hybridized carbons (Fsp3) is 0.364. The predicted octanol–water partition coefficient (Wildman–Crippen LogP) is 1.45. The van der Waals surface area contributed by atoms with Gasteiger partial charge in [-0.05, 0) is 19.4 Å². The summed E-state index contributed by atoms with van der Waals surface area (Å²) < 4.78 is 0. The molecule has 6 nitrogen and oxygen atoms in total. The third kappa shape index (κ3) is 3.75. The van der Waals surface area contributed by atoms with E-state index in [1.54, 1.807) is 6.07 Å². The molecule has 0 radical (unpaired) electrons. The Labute approximate surface area is 99.2 Å². The zero-order chi connectivity index (χ0) is 12.8. The predicted molar refractivity (Wildman–Crippen MR) is 65.0 cm³/mol. The van der Waals surface area contributed by atoms with Crippen LogP contribution in [-0.4, -0.2) is 23.9 Å². The van der Waals surface area contributed by atoms with E-state index >= 15 is 0 Å². The van der Waals surface area contributed by atoms with E-state index in [1.165, 1.54) is 12.1 Å². The number of anilines is 1. The Balaban J connectivity index is 2.73. The highest BCUT2D eigenvalue weighted by Gasteiger charge is 2.09. The molecule has 1 aromatic carbocycles. The maximum atomic E-state index is 11.2. The highest BCUT2D eigenvalue weighted by molar-refractivity contribution is 5.81. The fourth-order valence-electron chi connectivity index (χ4n) is 1.35. The Hall–Kier alpha value is -2.11. The van der Waals surface area contributed by atoms with E-state index in [9.17, 15) is 14.9 Å². The van der Waals surface area contributed by atoms with E-state index in [1.807, 2.05) is 13.8 Å². The molecular formula is C11H15N3O3. The number of nitro groups is 1. The Morgan fingerprint density at radius 2 is 2.18 bits per heavy atom. The van der Waals surface area contributed by atoms with Crippen molar-refractivity contribution in [1.29, 1.82) is 0 Å². The van der Waals surface area contributed by atoms with Gasteiger partial charge in [0.15, 0.2) is 0 Å². The first-order valence-electron chi connectivity index (χ1n) is 5.30. The van der Waals surface area contributed by atoms with E-state index < -0.39 is 4.92 Å². The molecule has 0 unspecified atom stereocenters.